The number of methoxy groups -OCH3 is 1. The average Bonchev–Trinajstić information content (AvgIpc) is 3.01. The van der Waals surface area contributed by atoms with Crippen molar-refractivity contribution in [3.05, 3.63) is 87.3 Å². The summed E-state index contributed by atoms with van der Waals surface area (Å²) in [6.45, 7) is 0. The number of hydrogen-bond donors (Lipinski definition) is 3. The van der Waals surface area contributed by atoms with E-state index >= 15 is 0 Å². The molecule has 0 aliphatic heterocycles. The fraction of sp³-hybridized carbons (Fsp3) is 0.269. The highest BCUT2D eigenvalue weighted by Crippen LogP contribution is 2.27. The minimum Gasteiger partial charge on any atom is -0.467 e. The summed E-state index contributed by atoms with van der Waals surface area (Å²) in [6, 6.07) is 11.9. The lowest BCUT2D eigenvalue weighted by atomic mass is 9.97. The SMILES string of the molecule is COC(=O)[C@H](Cc1ccc(F)cc1)NC(=O)/C(N)=C1\CCCC/C(=C\c2ccc(Cl)cc2)C1=N. The van der Waals surface area contributed by atoms with Gasteiger partial charge in [-0.15, -0.1) is 0 Å². The van der Waals surface area contributed by atoms with E-state index in [1.807, 2.05) is 18.2 Å². The molecule has 4 N–H and O–H groups in total. The summed E-state index contributed by atoms with van der Waals surface area (Å²) in [7, 11) is 1.22. The number of carbonyl (C=O) groups is 2. The topological polar surface area (TPSA) is 105 Å². The Kier molecular flexibility index (Phi) is 8.60. The van der Waals surface area contributed by atoms with E-state index in [1.54, 1.807) is 12.1 Å². The first-order valence-electron chi connectivity index (χ1n) is 11.0. The van der Waals surface area contributed by atoms with E-state index in [9.17, 15) is 14.0 Å². The van der Waals surface area contributed by atoms with Crippen LogP contribution in [-0.4, -0.2) is 30.7 Å². The van der Waals surface area contributed by atoms with E-state index < -0.39 is 23.7 Å². The average molecular weight is 484 g/mol. The zero-order valence-corrected chi connectivity index (χ0v) is 19.6. The van der Waals surface area contributed by atoms with Gasteiger partial charge in [0.15, 0.2) is 0 Å². The van der Waals surface area contributed by atoms with E-state index in [2.05, 4.69) is 5.32 Å². The molecule has 0 unspecified atom stereocenters. The maximum Gasteiger partial charge on any atom is 0.328 e. The van der Waals surface area contributed by atoms with Crippen molar-refractivity contribution in [3.8, 4) is 0 Å². The molecule has 0 saturated heterocycles. The Hall–Kier alpha value is -3.45. The van der Waals surface area contributed by atoms with Gasteiger partial charge in [-0.05, 0) is 72.7 Å². The van der Waals surface area contributed by atoms with Crippen LogP contribution in [0.3, 0.4) is 0 Å². The molecule has 1 aliphatic rings. The number of amides is 1. The second-order valence-corrected chi connectivity index (χ2v) is 8.51. The van der Waals surface area contributed by atoms with Gasteiger partial charge in [0.2, 0.25) is 0 Å². The van der Waals surface area contributed by atoms with Crippen LogP contribution in [0.25, 0.3) is 6.08 Å². The molecule has 2 aromatic carbocycles. The third-order valence-electron chi connectivity index (χ3n) is 5.67. The number of halogens is 2. The Morgan fingerprint density at radius 3 is 2.44 bits per heavy atom. The number of nitrogens with two attached hydrogens (primary N) is 1. The predicted octanol–water partition coefficient (Wildman–Crippen LogP) is 4.57. The first kappa shape index (κ1) is 25.2. The summed E-state index contributed by atoms with van der Waals surface area (Å²) in [4.78, 5) is 25.3. The minimum absolute atomic E-state index is 0.0954. The number of carbonyl (C=O) groups excluding carboxylic acids is 2. The highest BCUT2D eigenvalue weighted by molar-refractivity contribution is 6.30. The van der Waals surface area contributed by atoms with Crippen LogP contribution in [0.5, 0.6) is 0 Å². The summed E-state index contributed by atoms with van der Waals surface area (Å²) < 4.78 is 18.0. The van der Waals surface area contributed by atoms with Crippen molar-refractivity contribution in [3.63, 3.8) is 0 Å². The molecule has 0 spiro atoms. The van der Waals surface area contributed by atoms with Crippen LogP contribution < -0.4 is 11.1 Å². The van der Waals surface area contributed by atoms with Crippen molar-refractivity contribution in [1.82, 2.24) is 5.32 Å². The van der Waals surface area contributed by atoms with Gasteiger partial charge in [0.1, 0.15) is 17.6 Å². The monoisotopic (exact) mass is 483 g/mol. The van der Waals surface area contributed by atoms with Gasteiger partial charge in [-0.1, -0.05) is 35.9 Å². The quantitative estimate of drug-likeness (QED) is 0.318. The molecule has 0 bridgehead atoms. The number of esters is 1. The van der Waals surface area contributed by atoms with Gasteiger partial charge in [0.05, 0.1) is 12.8 Å². The smallest absolute Gasteiger partial charge is 0.328 e. The molecule has 1 amide bonds. The van der Waals surface area contributed by atoms with Crippen LogP contribution in [0.15, 0.2) is 65.4 Å². The van der Waals surface area contributed by atoms with Gasteiger partial charge in [0, 0.05) is 17.0 Å². The number of benzene rings is 2. The van der Waals surface area contributed by atoms with E-state index in [4.69, 9.17) is 27.5 Å². The van der Waals surface area contributed by atoms with E-state index in [0.29, 0.717) is 29.0 Å². The Morgan fingerprint density at radius 1 is 1.15 bits per heavy atom. The fourth-order valence-corrected chi connectivity index (χ4v) is 3.93. The van der Waals surface area contributed by atoms with Crippen LogP contribution in [0.2, 0.25) is 5.02 Å². The fourth-order valence-electron chi connectivity index (χ4n) is 3.80. The van der Waals surface area contributed by atoms with E-state index in [1.165, 1.54) is 31.4 Å². The molecule has 1 aliphatic carbocycles. The van der Waals surface area contributed by atoms with Gasteiger partial charge in [-0.2, -0.15) is 0 Å². The lowest BCUT2D eigenvalue weighted by molar-refractivity contribution is -0.144. The molecule has 0 radical (unpaired) electrons. The maximum atomic E-state index is 13.2. The molecule has 1 fully saturated rings. The van der Waals surface area contributed by atoms with Crippen molar-refractivity contribution < 1.29 is 18.7 Å². The Morgan fingerprint density at radius 2 is 1.79 bits per heavy atom. The molecule has 2 aromatic rings. The molecule has 0 heterocycles. The van der Waals surface area contributed by atoms with Gasteiger partial charge in [-0.25, -0.2) is 9.18 Å². The zero-order valence-electron chi connectivity index (χ0n) is 18.9. The van der Waals surface area contributed by atoms with Crippen LogP contribution in [0, 0.1) is 11.2 Å². The molecule has 1 saturated carbocycles. The molecular formula is C26H27ClFN3O3. The second-order valence-electron chi connectivity index (χ2n) is 8.08. The first-order valence-corrected chi connectivity index (χ1v) is 11.3. The van der Waals surface area contributed by atoms with E-state index in [-0.39, 0.29) is 17.8 Å². The van der Waals surface area contributed by atoms with Crippen LogP contribution in [-0.2, 0) is 20.7 Å². The van der Waals surface area contributed by atoms with Crippen molar-refractivity contribution in [2.45, 2.75) is 38.1 Å². The molecule has 34 heavy (non-hydrogen) atoms. The Labute approximate surface area is 203 Å². The highest BCUT2D eigenvalue weighted by Gasteiger charge is 2.26. The third kappa shape index (κ3) is 6.54. The molecule has 8 heteroatoms. The number of allylic oxidation sites excluding steroid dienone is 2. The van der Waals surface area contributed by atoms with Crippen LogP contribution in [0.4, 0.5) is 4.39 Å². The minimum atomic E-state index is -1.01. The normalized spacial score (nSPS) is 17.6. The summed E-state index contributed by atoms with van der Waals surface area (Å²) in [5.41, 5.74) is 9.11. The lowest BCUT2D eigenvalue weighted by Gasteiger charge is -2.18. The highest BCUT2D eigenvalue weighted by atomic mass is 35.5. The number of nitrogens with one attached hydrogen (secondary N) is 2. The van der Waals surface area contributed by atoms with Crippen molar-refractivity contribution in [1.29, 1.82) is 5.41 Å². The first-order chi connectivity index (χ1) is 16.3. The Bertz CT molecular complexity index is 1120. The molecule has 6 nitrogen and oxygen atoms in total. The molecule has 3 rings (SSSR count). The van der Waals surface area contributed by atoms with Gasteiger partial charge in [-0.3, -0.25) is 4.79 Å². The molecule has 178 valence electrons. The van der Waals surface area contributed by atoms with Gasteiger partial charge in [0.25, 0.3) is 5.91 Å². The number of hydrogen-bond acceptors (Lipinski definition) is 5. The van der Waals surface area contributed by atoms with Crippen LogP contribution >= 0.6 is 11.6 Å². The number of ether oxygens (including phenoxy) is 1. The predicted molar refractivity (Wildman–Crippen MR) is 131 cm³/mol. The van der Waals surface area contributed by atoms with Crippen molar-refractivity contribution >= 4 is 35.3 Å². The zero-order chi connectivity index (χ0) is 24.7. The Balaban J connectivity index is 1.83. The van der Waals surface area contributed by atoms with E-state index in [0.717, 1.165) is 24.0 Å². The molecular weight excluding hydrogens is 457 g/mol. The molecule has 0 aromatic heterocycles. The van der Waals surface area contributed by atoms with Crippen molar-refractivity contribution in [2.24, 2.45) is 5.73 Å². The number of rotatable bonds is 6. The third-order valence-corrected chi connectivity index (χ3v) is 5.92. The summed E-state index contributed by atoms with van der Waals surface area (Å²) in [5, 5.41) is 12.0. The molecule has 1 atom stereocenters. The summed E-state index contributed by atoms with van der Waals surface area (Å²) >= 11 is 5.96. The lowest BCUT2D eigenvalue weighted by Crippen LogP contribution is -2.45. The summed E-state index contributed by atoms with van der Waals surface area (Å²) in [6.07, 6.45) is 4.82. The maximum absolute atomic E-state index is 13.2. The van der Waals surface area contributed by atoms with Gasteiger partial charge >= 0.3 is 5.97 Å². The van der Waals surface area contributed by atoms with Gasteiger partial charge < -0.3 is 21.2 Å². The second kappa shape index (κ2) is 11.6. The van der Waals surface area contributed by atoms with Crippen molar-refractivity contribution in [2.75, 3.05) is 7.11 Å². The summed E-state index contributed by atoms with van der Waals surface area (Å²) in [5.74, 6) is -1.69. The standard InChI is InChI=1S/C26H27ClFN3O3/c1-34-26(33)22(15-17-8-12-20(28)13-9-17)31-25(32)24(30)21-5-3-2-4-18(23(21)29)14-16-6-10-19(27)11-7-16/h6-14,22,29H,2-5,15,30H2,1H3,(H,31,32)/b18-14+,24-21-,29-23?/t22-/m0/s1. The van der Waals surface area contributed by atoms with Crippen LogP contribution in [0.1, 0.15) is 36.8 Å². The largest absolute Gasteiger partial charge is 0.467 e.